The molecule has 0 fully saturated rings. The van der Waals surface area contributed by atoms with Crippen molar-refractivity contribution in [2.45, 2.75) is 12.8 Å². The van der Waals surface area contributed by atoms with Gasteiger partial charge in [0, 0.05) is 23.0 Å². The van der Waals surface area contributed by atoms with Gasteiger partial charge in [0.15, 0.2) is 0 Å². The number of hydrogen-bond donors (Lipinski definition) is 2. The van der Waals surface area contributed by atoms with Gasteiger partial charge in [-0.3, -0.25) is 19.6 Å². The third-order valence-corrected chi connectivity index (χ3v) is 4.25. The summed E-state index contributed by atoms with van der Waals surface area (Å²) in [6.07, 6.45) is -0.266. The molecule has 1 rings (SSSR count). The van der Waals surface area contributed by atoms with E-state index < -0.39 is 20.9 Å². The summed E-state index contributed by atoms with van der Waals surface area (Å²) in [6.45, 7) is 0. The molecule has 0 aliphatic heterocycles. The fraction of sp³-hybridized carbons (Fsp3) is 0.300. The molecule has 110 valence electrons. The number of carbonyl (C=O) groups is 1. The monoisotopic (exact) mass is 366 g/mol. The van der Waals surface area contributed by atoms with Gasteiger partial charge in [-0.05, 0) is 28.4 Å². The summed E-state index contributed by atoms with van der Waals surface area (Å²) in [7, 11) is -3.70. The zero-order valence-corrected chi connectivity index (χ0v) is 12.5. The highest BCUT2D eigenvalue weighted by atomic mass is 79.9. The van der Waals surface area contributed by atoms with Crippen molar-refractivity contribution in [3.8, 4) is 0 Å². The van der Waals surface area contributed by atoms with E-state index >= 15 is 0 Å². The van der Waals surface area contributed by atoms with Crippen molar-refractivity contribution in [1.82, 2.24) is 0 Å². The van der Waals surface area contributed by atoms with Crippen LogP contribution in [-0.4, -0.2) is 30.2 Å². The Kier molecular flexibility index (Phi) is 5.45. The molecule has 0 atom stereocenters. The summed E-state index contributed by atoms with van der Waals surface area (Å²) in [6, 6.07) is 3.60. The molecule has 10 heteroatoms. The normalized spacial score (nSPS) is 11.1. The van der Waals surface area contributed by atoms with E-state index in [0.29, 0.717) is 0 Å². The molecule has 1 aromatic rings. The number of nitrogens with one attached hydrogen (secondary N) is 1. The summed E-state index contributed by atoms with van der Waals surface area (Å²) in [5.74, 6) is -1.42. The number of nitrogens with zero attached hydrogens (tertiary/aromatic N) is 1. The number of rotatable bonds is 7. The third kappa shape index (κ3) is 5.13. The van der Waals surface area contributed by atoms with Gasteiger partial charge in [-0.2, -0.15) is 0 Å². The average molecular weight is 367 g/mol. The van der Waals surface area contributed by atoms with Crippen molar-refractivity contribution in [3.05, 3.63) is 32.8 Å². The lowest BCUT2D eigenvalue weighted by atomic mass is 10.3. The van der Waals surface area contributed by atoms with Crippen LogP contribution in [0.1, 0.15) is 12.8 Å². The number of aliphatic carboxylic acids is 1. The van der Waals surface area contributed by atoms with E-state index in [1.54, 1.807) is 0 Å². The third-order valence-electron chi connectivity index (χ3n) is 2.23. The van der Waals surface area contributed by atoms with Crippen LogP contribution in [0, 0.1) is 10.1 Å². The van der Waals surface area contributed by atoms with Crippen LogP contribution in [0.2, 0.25) is 0 Å². The highest BCUT2D eigenvalue weighted by Crippen LogP contribution is 2.27. The van der Waals surface area contributed by atoms with Crippen molar-refractivity contribution >= 4 is 43.3 Å². The fourth-order valence-corrected chi connectivity index (χ4v) is 3.07. The first-order valence-corrected chi connectivity index (χ1v) is 7.82. The zero-order chi connectivity index (χ0) is 15.3. The van der Waals surface area contributed by atoms with Crippen molar-refractivity contribution in [3.63, 3.8) is 0 Å². The molecule has 0 saturated carbocycles. The molecule has 2 N–H and O–H groups in total. The first kappa shape index (κ1) is 16.4. The Morgan fingerprint density at radius 1 is 1.45 bits per heavy atom. The standard InChI is InChI=1S/C10H11BrN2O6S/c11-8-6-7(13(16)17)3-4-9(8)12-20(18,19)5-1-2-10(14)15/h3-4,6,12H,1-2,5H2,(H,14,15). The molecule has 0 aliphatic rings. The quantitative estimate of drug-likeness (QED) is 0.560. The molecule has 1 aromatic carbocycles. The lowest BCUT2D eigenvalue weighted by Crippen LogP contribution is -2.17. The van der Waals surface area contributed by atoms with Gasteiger partial charge in [0.25, 0.3) is 5.69 Å². The van der Waals surface area contributed by atoms with Crippen LogP contribution in [0.15, 0.2) is 22.7 Å². The molecule has 0 bridgehead atoms. The number of nitro benzene ring substituents is 1. The maximum absolute atomic E-state index is 11.7. The van der Waals surface area contributed by atoms with E-state index in [1.807, 2.05) is 0 Å². The van der Waals surface area contributed by atoms with Gasteiger partial charge in [-0.1, -0.05) is 0 Å². The van der Waals surface area contributed by atoms with Crippen LogP contribution >= 0.6 is 15.9 Å². The van der Waals surface area contributed by atoms with Crippen LogP contribution in [0.4, 0.5) is 11.4 Å². The molecule has 0 spiro atoms. The second-order valence-electron chi connectivity index (χ2n) is 3.84. The maximum atomic E-state index is 11.7. The highest BCUT2D eigenvalue weighted by molar-refractivity contribution is 9.10. The number of hydrogen-bond acceptors (Lipinski definition) is 5. The molecule has 20 heavy (non-hydrogen) atoms. The van der Waals surface area contributed by atoms with Crippen LogP contribution in [0.5, 0.6) is 0 Å². The van der Waals surface area contributed by atoms with Gasteiger partial charge >= 0.3 is 5.97 Å². The molecule has 0 heterocycles. The maximum Gasteiger partial charge on any atom is 0.303 e. The summed E-state index contributed by atoms with van der Waals surface area (Å²) < 4.78 is 25.9. The second kappa shape index (κ2) is 6.66. The summed E-state index contributed by atoms with van der Waals surface area (Å²) in [5.41, 5.74) is -0.0170. The van der Waals surface area contributed by atoms with Crippen LogP contribution in [0.25, 0.3) is 0 Å². The SMILES string of the molecule is O=C(O)CCCS(=O)(=O)Nc1ccc([N+](=O)[O-])cc1Br. The van der Waals surface area contributed by atoms with E-state index in [-0.39, 0.29) is 34.4 Å². The average Bonchev–Trinajstić information content (AvgIpc) is 2.30. The van der Waals surface area contributed by atoms with E-state index in [0.717, 1.165) is 0 Å². The molecule has 0 unspecified atom stereocenters. The molecular weight excluding hydrogens is 356 g/mol. The summed E-state index contributed by atoms with van der Waals surface area (Å²) >= 11 is 3.03. The number of nitro groups is 1. The predicted molar refractivity (Wildman–Crippen MR) is 75.1 cm³/mol. The molecule has 0 radical (unpaired) electrons. The predicted octanol–water partition coefficient (Wildman–Crippen LogP) is 1.96. The van der Waals surface area contributed by atoms with Crippen molar-refractivity contribution in [1.29, 1.82) is 0 Å². The summed E-state index contributed by atoms with van der Waals surface area (Å²) in [4.78, 5) is 20.3. The lowest BCUT2D eigenvalue weighted by molar-refractivity contribution is -0.384. The Labute approximate surface area is 123 Å². The molecule has 0 aromatic heterocycles. The minimum Gasteiger partial charge on any atom is -0.481 e. The number of carboxylic acids is 1. The zero-order valence-electron chi connectivity index (χ0n) is 10.1. The van der Waals surface area contributed by atoms with Crippen LogP contribution in [0.3, 0.4) is 0 Å². The molecular formula is C10H11BrN2O6S. The van der Waals surface area contributed by atoms with Crippen LogP contribution < -0.4 is 4.72 Å². The van der Waals surface area contributed by atoms with E-state index in [4.69, 9.17) is 5.11 Å². The Hall–Kier alpha value is -1.68. The van der Waals surface area contributed by atoms with Crippen LogP contribution in [-0.2, 0) is 14.8 Å². The summed E-state index contributed by atoms with van der Waals surface area (Å²) in [5, 5.41) is 19.0. The van der Waals surface area contributed by atoms with Gasteiger partial charge in [0.05, 0.1) is 16.4 Å². The van der Waals surface area contributed by atoms with Gasteiger partial charge < -0.3 is 5.11 Å². The van der Waals surface area contributed by atoms with Gasteiger partial charge in [-0.25, -0.2) is 8.42 Å². The molecule has 0 amide bonds. The van der Waals surface area contributed by atoms with Gasteiger partial charge in [0.2, 0.25) is 10.0 Å². The number of benzene rings is 1. The highest BCUT2D eigenvalue weighted by Gasteiger charge is 2.15. The lowest BCUT2D eigenvalue weighted by Gasteiger charge is -2.09. The largest absolute Gasteiger partial charge is 0.481 e. The number of non-ortho nitro benzene ring substituents is 1. The first-order valence-electron chi connectivity index (χ1n) is 5.37. The van der Waals surface area contributed by atoms with E-state index in [9.17, 15) is 23.3 Å². The molecule has 0 aliphatic carbocycles. The Morgan fingerprint density at radius 2 is 2.10 bits per heavy atom. The number of anilines is 1. The Balaban J connectivity index is 2.77. The van der Waals surface area contributed by atoms with E-state index in [1.165, 1.54) is 18.2 Å². The van der Waals surface area contributed by atoms with Gasteiger partial charge in [0.1, 0.15) is 0 Å². The topological polar surface area (TPSA) is 127 Å². The first-order chi connectivity index (χ1) is 9.21. The second-order valence-corrected chi connectivity index (χ2v) is 6.54. The number of carboxylic acid groups (broad SMARTS) is 1. The molecule has 0 saturated heterocycles. The fourth-order valence-electron chi connectivity index (χ4n) is 1.33. The van der Waals surface area contributed by atoms with Crippen molar-refractivity contribution < 1.29 is 23.2 Å². The Morgan fingerprint density at radius 3 is 2.60 bits per heavy atom. The van der Waals surface area contributed by atoms with Gasteiger partial charge in [-0.15, -0.1) is 0 Å². The minimum atomic E-state index is -3.70. The minimum absolute atomic E-state index is 0.0186. The number of halogens is 1. The number of sulfonamides is 1. The Bertz CT molecular complexity index is 631. The van der Waals surface area contributed by atoms with E-state index in [2.05, 4.69) is 20.7 Å². The smallest absolute Gasteiger partial charge is 0.303 e. The van der Waals surface area contributed by atoms with Crippen molar-refractivity contribution in [2.24, 2.45) is 0 Å². The van der Waals surface area contributed by atoms with Crippen molar-refractivity contribution in [2.75, 3.05) is 10.5 Å². The molecule has 8 nitrogen and oxygen atoms in total.